The van der Waals surface area contributed by atoms with Gasteiger partial charge in [-0.25, -0.2) is 0 Å². The zero-order chi connectivity index (χ0) is 11.8. The van der Waals surface area contributed by atoms with E-state index < -0.39 is 0 Å². The molecule has 0 radical (unpaired) electrons. The Bertz CT molecular complexity index is 445. The molecule has 0 aromatic carbocycles. The highest BCUT2D eigenvalue weighted by Gasteiger charge is 1.98. The van der Waals surface area contributed by atoms with Gasteiger partial charge in [-0.3, -0.25) is 0 Å². The fraction of sp³-hybridized carbons (Fsp3) is 0.0769. The van der Waals surface area contributed by atoms with E-state index in [1.807, 2.05) is 30.4 Å². The minimum absolute atomic E-state index is 0.542. The molecule has 0 amide bonds. The van der Waals surface area contributed by atoms with Gasteiger partial charge < -0.3 is 5.32 Å². The van der Waals surface area contributed by atoms with Crippen molar-refractivity contribution in [2.75, 3.05) is 0 Å². The molecule has 3 heteroatoms. The fourth-order valence-corrected chi connectivity index (χ4v) is 1.26. The molecule has 1 rings (SSSR count). The highest BCUT2D eigenvalue weighted by atomic mass is 32.1. The highest BCUT2D eigenvalue weighted by Crippen LogP contribution is 2.07. The van der Waals surface area contributed by atoms with Crippen LogP contribution in [0.25, 0.3) is 0 Å². The first-order valence-corrected chi connectivity index (χ1v) is 5.24. The summed E-state index contributed by atoms with van der Waals surface area (Å²) in [6.07, 6.45) is 13.5. The zero-order valence-corrected chi connectivity index (χ0v) is 9.63. The van der Waals surface area contributed by atoms with Crippen molar-refractivity contribution in [3.8, 4) is 6.07 Å². The predicted molar refractivity (Wildman–Crippen MR) is 70.6 cm³/mol. The smallest absolute Gasteiger partial charge is 0.103 e. The second-order valence-corrected chi connectivity index (χ2v) is 3.55. The van der Waals surface area contributed by atoms with Crippen LogP contribution in [0.2, 0.25) is 0 Å². The molecule has 0 spiro atoms. The molecule has 1 N–H and O–H groups in total. The lowest BCUT2D eigenvalue weighted by Gasteiger charge is -2.04. The van der Waals surface area contributed by atoms with Crippen LogP contribution in [0.15, 0.2) is 60.4 Å². The second kappa shape index (κ2) is 6.54. The van der Waals surface area contributed by atoms with Crippen LogP contribution in [0.4, 0.5) is 0 Å². The molecule has 0 heterocycles. The van der Waals surface area contributed by atoms with Crippen molar-refractivity contribution in [3.05, 3.63) is 60.4 Å². The van der Waals surface area contributed by atoms with Gasteiger partial charge in [0.15, 0.2) is 0 Å². The molecule has 0 saturated carbocycles. The number of hydrogen-bond donors (Lipinski definition) is 1. The van der Waals surface area contributed by atoms with Crippen LogP contribution in [0.3, 0.4) is 0 Å². The van der Waals surface area contributed by atoms with E-state index in [-0.39, 0.29) is 0 Å². The number of thiocarbonyl (C=S) groups is 1. The molecule has 0 unspecified atom stereocenters. The molecule has 0 saturated heterocycles. The van der Waals surface area contributed by atoms with Crippen molar-refractivity contribution in [1.82, 2.24) is 5.32 Å². The first-order chi connectivity index (χ1) is 7.76. The lowest BCUT2D eigenvalue weighted by Crippen LogP contribution is -2.17. The van der Waals surface area contributed by atoms with Crippen LogP contribution in [0, 0.1) is 11.3 Å². The molecule has 1 aliphatic carbocycles. The van der Waals surface area contributed by atoms with Crippen molar-refractivity contribution in [2.45, 2.75) is 6.42 Å². The second-order valence-electron chi connectivity index (χ2n) is 3.11. The quantitative estimate of drug-likeness (QED) is 0.583. The van der Waals surface area contributed by atoms with E-state index in [9.17, 15) is 0 Å². The van der Waals surface area contributed by atoms with Gasteiger partial charge in [-0.2, -0.15) is 5.26 Å². The first kappa shape index (κ1) is 12.2. The van der Waals surface area contributed by atoms with Gasteiger partial charge in [0.25, 0.3) is 0 Å². The molecule has 2 nitrogen and oxygen atoms in total. The van der Waals surface area contributed by atoms with E-state index in [0.29, 0.717) is 17.0 Å². The van der Waals surface area contributed by atoms with Gasteiger partial charge >= 0.3 is 0 Å². The third-order valence-corrected chi connectivity index (χ3v) is 2.17. The average molecular weight is 228 g/mol. The maximum atomic E-state index is 8.93. The summed E-state index contributed by atoms with van der Waals surface area (Å²) in [5.41, 5.74) is 1.48. The molecule has 80 valence electrons. The Balaban J connectivity index is 2.94. The molecule has 0 fully saturated rings. The van der Waals surface area contributed by atoms with Gasteiger partial charge in [0.05, 0.1) is 6.07 Å². The SMILES string of the molecule is C=CC(=S)N\C1=C/C=C\C=C/CC(C#N)=C1. The number of hydrogen-bond acceptors (Lipinski definition) is 2. The van der Waals surface area contributed by atoms with Crippen LogP contribution >= 0.6 is 12.2 Å². The highest BCUT2D eigenvalue weighted by molar-refractivity contribution is 7.80. The molecule has 16 heavy (non-hydrogen) atoms. The van der Waals surface area contributed by atoms with E-state index in [1.54, 1.807) is 12.2 Å². The normalized spacial score (nSPS) is 21.9. The third kappa shape index (κ3) is 4.07. The Morgan fingerprint density at radius 1 is 1.50 bits per heavy atom. The summed E-state index contributed by atoms with van der Waals surface area (Å²) < 4.78 is 0. The van der Waals surface area contributed by atoms with Gasteiger partial charge in [0.2, 0.25) is 0 Å². The molecular weight excluding hydrogens is 216 g/mol. The molecule has 0 aromatic heterocycles. The monoisotopic (exact) mass is 228 g/mol. The topological polar surface area (TPSA) is 35.8 Å². The van der Waals surface area contributed by atoms with Crippen LogP contribution in [-0.4, -0.2) is 4.99 Å². The summed E-state index contributed by atoms with van der Waals surface area (Å²) in [4.78, 5) is 0.542. The Kier molecular flexibility index (Phi) is 4.97. The number of rotatable bonds is 2. The zero-order valence-electron chi connectivity index (χ0n) is 8.81. The molecule has 0 aliphatic heterocycles. The van der Waals surface area contributed by atoms with Crippen LogP contribution in [-0.2, 0) is 0 Å². The summed E-state index contributed by atoms with van der Waals surface area (Å²) in [5.74, 6) is 0. The summed E-state index contributed by atoms with van der Waals surface area (Å²) in [7, 11) is 0. The lowest BCUT2D eigenvalue weighted by molar-refractivity contribution is 1.18. The lowest BCUT2D eigenvalue weighted by atomic mass is 10.1. The van der Waals surface area contributed by atoms with Crippen LogP contribution in [0.5, 0.6) is 0 Å². The Morgan fingerprint density at radius 2 is 2.31 bits per heavy atom. The molecule has 0 aromatic rings. The molecular formula is C13H12N2S. The van der Waals surface area contributed by atoms with Crippen molar-refractivity contribution < 1.29 is 0 Å². The number of nitrogens with one attached hydrogen (secondary N) is 1. The van der Waals surface area contributed by atoms with Crippen molar-refractivity contribution in [2.24, 2.45) is 0 Å². The largest absolute Gasteiger partial charge is 0.347 e. The standard InChI is InChI=1S/C13H12N2S/c1-2-13(16)15-12-8-6-4-3-5-7-11(9-12)10-14/h2-6,8-9H,1,7H2,(H,15,16)/b5-3-,6-4-,11-9?,12-8-. The Morgan fingerprint density at radius 3 is 3.00 bits per heavy atom. The first-order valence-electron chi connectivity index (χ1n) is 4.84. The molecule has 0 atom stereocenters. The van der Waals surface area contributed by atoms with Crippen LogP contribution in [0.1, 0.15) is 6.42 Å². The van der Waals surface area contributed by atoms with Crippen LogP contribution < -0.4 is 5.32 Å². The van der Waals surface area contributed by atoms with Gasteiger partial charge in [-0.05, 0) is 18.2 Å². The fourth-order valence-electron chi connectivity index (χ4n) is 1.14. The molecule has 1 aliphatic rings. The number of nitriles is 1. The number of allylic oxidation sites excluding steroid dienone is 7. The van der Waals surface area contributed by atoms with Crippen molar-refractivity contribution in [1.29, 1.82) is 5.26 Å². The third-order valence-electron chi connectivity index (χ3n) is 1.90. The van der Waals surface area contributed by atoms with Crippen molar-refractivity contribution in [3.63, 3.8) is 0 Å². The van der Waals surface area contributed by atoms with E-state index in [2.05, 4.69) is 18.0 Å². The van der Waals surface area contributed by atoms with E-state index in [0.717, 1.165) is 5.70 Å². The maximum Gasteiger partial charge on any atom is 0.103 e. The van der Waals surface area contributed by atoms with Gasteiger partial charge in [-0.15, -0.1) is 0 Å². The Labute approximate surface area is 101 Å². The van der Waals surface area contributed by atoms with E-state index >= 15 is 0 Å². The predicted octanol–water partition coefficient (Wildman–Crippen LogP) is 2.94. The van der Waals surface area contributed by atoms with Crippen molar-refractivity contribution >= 4 is 17.2 Å². The minimum Gasteiger partial charge on any atom is -0.347 e. The summed E-state index contributed by atoms with van der Waals surface area (Å²) in [6.45, 7) is 3.58. The van der Waals surface area contributed by atoms with Gasteiger partial charge in [-0.1, -0.05) is 43.1 Å². The van der Waals surface area contributed by atoms with E-state index in [1.165, 1.54) is 0 Å². The average Bonchev–Trinajstić information content (AvgIpc) is 2.40. The number of nitrogens with zero attached hydrogens (tertiary/aromatic N) is 1. The summed E-state index contributed by atoms with van der Waals surface area (Å²) in [5, 5.41) is 11.9. The summed E-state index contributed by atoms with van der Waals surface area (Å²) >= 11 is 5.00. The maximum absolute atomic E-state index is 8.93. The molecule has 0 bridgehead atoms. The summed E-state index contributed by atoms with van der Waals surface area (Å²) in [6, 6.07) is 2.15. The van der Waals surface area contributed by atoms with Gasteiger partial charge in [0, 0.05) is 17.7 Å². The van der Waals surface area contributed by atoms with Gasteiger partial charge in [0.1, 0.15) is 4.99 Å². The minimum atomic E-state index is 0.542. The van der Waals surface area contributed by atoms with E-state index in [4.69, 9.17) is 17.5 Å². The Hall–Kier alpha value is -1.92.